The normalized spacial score (nSPS) is 21.1. The lowest BCUT2D eigenvalue weighted by atomic mass is 9.69. The zero-order valence-electron chi connectivity index (χ0n) is 13.7. The van der Waals surface area contributed by atoms with E-state index in [2.05, 4.69) is 19.9 Å². The number of hydrogen-bond donors (Lipinski definition) is 3. The smallest absolute Gasteiger partial charge is 0.115 e. The number of aromatic hydroxyl groups is 1. The van der Waals surface area contributed by atoms with Gasteiger partial charge in [0.1, 0.15) is 5.75 Å². The molecule has 0 amide bonds. The third-order valence-corrected chi connectivity index (χ3v) is 5.88. The summed E-state index contributed by atoms with van der Waals surface area (Å²) in [5.41, 5.74) is 15.5. The molecule has 6 heteroatoms. The Kier molecular flexibility index (Phi) is 6.88. The van der Waals surface area contributed by atoms with Crippen LogP contribution < -0.4 is 11.5 Å². The second-order valence-electron chi connectivity index (χ2n) is 6.52. The number of phenolic OH excluding ortho intramolecular Hbond substituents is 1. The van der Waals surface area contributed by atoms with Crippen LogP contribution in [-0.2, 0) is 11.8 Å². The maximum atomic E-state index is 9.78. The standard InChI is InChI=1S/C18H22N2OS.2ClH/c1-18(2)15-10-13(21)7-6-11(15)8-16(17(18)20)22-14-5-3-4-12(19)9-14;;/h3-7,9-10,16-17,21H,8,19-20H2,1-2H3;2*1H. The molecule has 0 saturated carbocycles. The lowest BCUT2D eigenvalue weighted by molar-refractivity contribution is 0.369. The molecule has 3 nitrogen and oxygen atoms in total. The Morgan fingerprint density at radius 2 is 1.83 bits per heavy atom. The van der Waals surface area contributed by atoms with Crippen LogP contribution in [0.5, 0.6) is 5.75 Å². The van der Waals surface area contributed by atoms with E-state index >= 15 is 0 Å². The van der Waals surface area contributed by atoms with Crippen molar-refractivity contribution in [3.05, 3.63) is 53.6 Å². The van der Waals surface area contributed by atoms with Gasteiger partial charge >= 0.3 is 0 Å². The summed E-state index contributed by atoms with van der Waals surface area (Å²) in [6.45, 7) is 4.31. The van der Waals surface area contributed by atoms with Gasteiger partial charge in [-0.1, -0.05) is 26.0 Å². The fourth-order valence-corrected chi connectivity index (χ4v) is 4.67. The van der Waals surface area contributed by atoms with Crippen LogP contribution in [0.2, 0.25) is 0 Å². The Hall–Kier alpha value is -1.07. The third-order valence-electron chi connectivity index (χ3n) is 4.59. The van der Waals surface area contributed by atoms with Crippen LogP contribution in [0.3, 0.4) is 0 Å². The van der Waals surface area contributed by atoms with Gasteiger partial charge in [0.05, 0.1) is 0 Å². The number of rotatable bonds is 2. The van der Waals surface area contributed by atoms with Crippen molar-refractivity contribution in [3.63, 3.8) is 0 Å². The quantitative estimate of drug-likeness (QED) is 0.678. The minimum atomic E-state index is -0.176. The summed E-state index contributed by atoms with van der Waals surface area (Å²) >= 11 is 1.79. The molecular formula is C18H24Cl2N2OS. The molecule has 3 rings (SSSR count). The van der Waals surface area contributed by atoms with Gasteiger partial charge in [-0.25, -0.2) is 0 Å². The Labute approximate surface area is 160 Å². The molecule has 0 spiro atoms. The van der Waals surface area contributed by atoms with Crippen molar-refractivity contribution in [1.82, 2.24) is 0 Å². The van der Waals surface area contributed by atoms with Gasteiger partial charge in [0, 0.05) is 27.3 Å². The van der Waals surface area contributed by atoms with Crippen LogP contribution in [0.15, 0.2) is 47.4 Å². The van der Waals surface area contributed by atoms with Gasteiger partial charge in [-0.2, -0.15) is 0 Å². The van der Waals surface area contributed by atoms with Gasteiger partial charge in [-0.05, 0) is 47.9 Å². The largest absolute Gasteiger partial charge is 0.508 e. The highest BCUT2D eigenvalue weighted by Gasteiger charge is 2.40. The number of thioether (sulfide) groups is 1. The average Bonchev–Trinajstić information content (AvgIpc) is 2.46. The van der Waals surface area contributed by atoms with Crippen LogP contribution in [0.4, 0.5) is 5.69 Å². The summed E-state index contributed by atoms with van der Waals surface area (Å²) < 4.78 is 0. The SMILES string of the molecule is CC1(C)c2cc(O)ccc2CC(Sc2cccc(N)c2)C1N.Cl.Cl. The van der Waals surface area contributed by atoms with E-state index < -0.39 is 0 Å². The second-order valence-corrected chi connectivity index (χ2v) is 7.83. The molecule has 0 aromatic heterocycles. The van der Waals surface area contributed by atoms with Crippen LogP contribution in [0.25, 0.3) is 0 Å². The van der Waals surface area contributed by atoms with E-state index in [4.69, 9.17) is 11.5 Å². The first kappa shape index (κ1) is 21.0. The van der Waals surface area contributed by atoms with Gasteiger partial charge in [-0.15, -0.1) is 36.6 Å². The fourth-order valence-electron chi connectivity index (χ4n) is 3.21. The number of phenols is 1. The maximum Gasteiger partial charge on any atom is 0.115 e. The van der Waals surface area contributed by atoms with Crippen molar-refractivity contribution in [2.45, 2.75) is 41.9 Å². The van der Waals surface area contributed by atoms with E-state index in [1.165, 1.54) is 5.56 Å². The van der Waals surface area contributed by atoms with Gasteiger partial charge in [-0.3, -0.25) is 0 Å². The Bertz CT molecular complexity index is 709. The predicted octanol–water partition coefficient (Wildman–Crippen LogP) is 4.14. The number of benzene rings is 2. The molecule has 0 bridgehead atoms. The van der Waals surface area contributed by atoms with E-state index in [0.717, 1.165) is 22.6 Å². The summed E-state index contributed by atoms with van der Waals surface area (Å²) in [6.07, 6.45) is 0.902. The summed E-state index contributed by atoms with van der Waals surface area (Å²) in [5.74, 6) is 0.306. The van der Waals surface area contributed by atoms with Gasteiger partial charge in [0.25, 0.3) is 0 Å². The van der Waals surface area contributed by atoms with Gasteiger partial charge in [0.2, 0.25) is 0 Å². The van der Waals surface area contributed by atoms with E-state index in [1.807, 2.05) is 30.3 Å². The minimum Gasteiger partial charge on any atom is -0.508 e. The lowest BCUT2D eigenvalue weighted by Gasteiger charge is -2.43. The zero-order chi connectivity index (χ0) is 15.9. The zero-order valence-corrected chi connectivity index (χ0v) is 16.2. The molecule has 2 atom stereocenters. The van der Waals surface area contributed by atoms with Crippen LogP contribution in [0, 0.1) is 0 Å². The summed E-state index contributed by atoms with van der Waals surface area (Å²) in [4.78, 5) is 1.15. The number of hydrogen-bond acceptors (Lipinski definition) is 4. The first-order chi connectivity index (χ1) is 10.4. The van der Waals surface area contributed by atoms with E-state index in [1.54, 1.807) is 17.8 Å². The number of nitrogens with two attached hydrogens (primary N) is 2. The molecule has 5 N–H and O–H groups in total. The third kappa shape index (κ3) is 3.94. The molecule has 1 aliphatic rings. The van der Waals surface area contributed by atoms with Crippen molar-refractivity contribution in [2.75, 3.05) is 5.73 Å². The highest BCUT2D eigenvalue weighted by atomic mass is 35.5. The van der Waals surface area contributed by atoms with E-state index in [-0.39, 0.29) is 41.5 Å². The van der Waals surface area contributed by atoms with Gasteiger partial charge in [0.15, 0.2) is 0 Å². The molecule has 0 aliphatic heterocycles. The minimum absolute atomic E-state index is 0. The first-order valence-corrected chi connectivity index (χ1v) is 8.36. The second kappa shape index (κ2) is 7.87. The molecule has 2 aromatic rings. The Morgan fingerprint density at radius 3 is 2.50 bits per heavy atom. The summed E-state index contributed by atoms with van der Waals surface area (Å²) in [5, 5.41) is 10.1. The van der Waals surface area contributed by atoms with Crippen molar-refractivity contribution in [1.29, 1.82) is 0 Å². The summed E-state index contributed by atoms with van der Waals surface area (Å²) in [6, 6.07) is 13.6. The predicted molar refractivity (Wildman–Crippen MR) is 108 cm³/mol. The molecule has 1 aliphatic carbocycles. The van der Waals surface area contributed by atoms with Gasteiger partial charge < -0.3 is 16.6 Å². The number of nitrogen functional groups attached to an aromatic ring is 1. The molecular weight excluding hydrogens is 363 g/mol. The topological polar surface area (TPSA) is 72.3 Å². The van der Waals surface area contributed by atoms with Crippen molar-refractivity contribution in [2.24, 2.45) is 5.73 Å². The van der Waals surface area contributed by atoms with E-state index in [0.29, 0.717) is 5.75 Å². The number of halogens is 2. The monoisotopic (exact) mass is 386 g/mol. The Balaban J connectivity index is 0.00000144. The van der Waals surface area contributed by atoms with Crippen LogP contribution in [-0.4, -0.2) is 16.4 Å². The summed E-state index contributed by atoms with van der Waals surface area (Å²) in [7, 11) is 0. The number of anilines is 1. The highest BCUT2D eigenvalue weighted by molar-refractivity contribution is 8.00. The van der Waals surface area contributed by atoms with E-state index in [9.17, 15) is 5.11 Å². The molecule has 2 aromatic carbocycles. The average molecular weight is 387 g/mol. The first-order valence-electron chi connectivity index (χ1n) is 7.48. The molecule has 0 saturated heterocycles. The number of fused-ring (bicyclic) bond motifs is 1. The molecule has 0 radical (unpaired) electrons. The van der Waals surface area contributed by atoms with Crippen LogP contribution >= 0.6 is 36.6 Å². The highest BCUT2D eigenvalue weighted by Crippen LogP contribution is 2.43. The lowest BCUT2D eigenvalue weighted by Crippen LogP contribution is -2.52. The maximum absolute atomic E-state index is 9.78. The molecule has 132 valence electrons. The van der Waals surface area contributed by atoms with Crippen molar-refractivity contribution in [3.8, 4) is 5.75 Å². The van der Waals surface area contributed by atoms with Crippen LogP contribution in [0.1, 0.15) is 25.0 Å². The fraction of sp³-hybridized carbons (Fsp3) is 0.333. The molecule has 0 heterocycles. The van der Waals surface area contributed by atoms with Crippen molar-refractivity contribution >= 4 is 42.3 Å². The molecule has 24 heavy (non-hydrogen) atoms. The van der Waals surface area contributed by atoms with Crippen molar-refractivity contribution < 1.29 is 5.11 Å². The molecule has 0 fully saturated rings. The Morgan fingerprint density at radius 1 is 1.12 bits per heavy atom. The molecule has 2 unspecified atom stereocenters.